The van der Waals surface area contributed by atoms with Crippen molar-refractivity contribution in [3.63, 3.8) is 0 Å². The van der Waals surface area contributed by atoms with Gasteiger partial charge in [0.1, 0.15) is 24.1 Å². The highest BCUT2D eigenvalue weighted by Gasteiger charge is 2.14. The number of nitrogens with zero attached hydrogens (tertiary/aromatic N) is 2. The van der Waals surface area contributed by atoms with Gasteiger partial charge in [0.25, 0.3) is 5.91 Å². The fraction of sp³-hybridized carbons (Fsp3) is 0.0800. The summed E-state index contributed by atoms with van der Waals surface area (Å²) in [7, 11) is 1.47. The molecule has 0 spiro atoms. The fourth-order valence-corrected chi connectivity index (χ4v) is 3.32. The second-order valence-electron chi connectivity index (χ2n) is 6.71. The van der Waals surface area contributed by atoms with Gasteiger partial charge in [0, 0.05) is 15.7 Å². The van der Waals surface area contributed by atoms with Crippen LogP contribution in [0.25, 0.3) is 6.08 Å². The maximum Gasteiger partial charge on any atom is 0.266 e. The molecule has 6 nitrogen and oxygen atoms in total. The molecule has 0 aliphatic carbocycles. The van der Waals surface area contributed by atoms with Crippen LogP contribution in [-0.2, 0) is 11.4 Å². The third-order valence-electron chi connectivity index (χ3n) is 4.57. The molecule has 0 radical (unpaired) electrons. The van der Waals surface area contributed by atoms with E-state index in [9.17, 15) is 19.7 Å². The average Bonchev–Trinajstić information content (AvgIpc) is 2.83. The molecular formula is C25H17BrFN3O3. The molecule has 0 aliphatic heterocycles. The van der Waals surface area contributed by atoms with Crippen LogP contribution in [0.4, 0.5) is 10.1 Å². The topological polar surface area (TPSA) is 95.1 Å². The highest BCUT2D eigenvalue weighted by Crippen LogP contribution is 2.35. The van der Waals surface area contributed by atoms with Gasteiger partial charge >= 0.3 is 0 Å². The number of amides is 1. The van der Waals surface area contributed by atoms with E-state index in [4.69, 9.17) is 9.47 Å². The number of rotatable bonds is 7. The van der Waals surface area contributed by atoms with E-state index in [1.807, 2.05) is 12.1 Å². The van der Waals surface area contributed by atoms with Gasteiger partial charge in [0.2, 0.25) is 0 Å². The Morgan fingerprint density at radius 3 is 2.52 bits per heavy atom. The van der Waals surface area contributed by atoms with Gasteiger partial charge in [0.05, 0.1) is 18.7 Å². The number of carbonyl (C=O) groups excluding carboxylic acids is 1. The summed E-state index contributed by atoms with van der Waals surface area (Å²) < 4.78 is 24.9. The molecule has 0 unspecified atom stereocenters. The zero-order valence-electron chi connectivity index (χ0n) is 17.4. The van der Waals surface area contributed by atoms with Gasteiger partial charge in [0.15, 0.2) is 11.5 Å². The summed E-state index contributed by atoms with van der Waals surface area (Å²) in [6.45, 7) is 0.158. The number of ether oxygens (including phenoxy) is 2. The van der Waals surface area contributed by atoms with Crippen LogP contribution in [0.2, 0.25) is 0 Å². The summed E-state index contributed by atoms with van der Waals surface area (Å²) in [4.78, 5) is 12.5. The van der Waals surface area contributed by atoms with Crippen molar-refractivity contribution in [3.8, 4) is 23.6 Å². The molecule has 8 heteroatoms. The first-order chi connectivity index (χ1) is 15.9. The highest BCUT2D eigenvalue weighted by molar-refractivity contribution is 9.10. The second-order valence-corrected chi connectivity index (χ2v) is 7.57. The van der Waals surface area contributed by atoms with Crippen molar-refractivity contribution in [2.75, 3.05) is 12.4 Å². The SMILES string of the molecule is COc1cc(C=C(C#N)C(=O)Nc2ccc(F)cc2)c(Br)cc1OCc1ccccc1C#N. The number of hydrogen-bond donors (Lipinski definition) is 1. The van der Waals surface area contributed by atoms with Gasteiger partial charge < -0.3 is 14.8 Å². The summed E-state index contributed by atoms with van der Waals surface area (Å²) in [5, 5.41) is 21.3. The summed E-state index contributed by atoms with van der Waals surface area (Å²) in [6, 6.07) is 19.6. The minimum atomic E-state index is -0.636. The van der Waals surface area contributed by atoms with Crippen molar-refractivity contribution < 1.29 is 18.7 Å². The molecule has 0 heterocycles. The third-order valence-corrected chi connectivity index (χ3v) is 5.26. The number of anilines is 1. The van der Waals surface area contributed by atoms with Crippen molar-refractivity contribution >= 4 is 33.6 Å². The van der Waals surface area contributed by atoms with Crippen LogP contribution in [0.3, 0.4) is 0 Å². The molecule has 0 fully saturated rings. The van der Waals surface area contributed by atoms with E-state index < -0.39 is 11.7 Å². The van der Waals surface area contributed by atoms with Crippen LogP contribution < -0.4 is 14.8 Å². The van der Waals surface area contributed by atoms with Crippen molar-refractivity contribution in [2.24, 2.45) is 0 Å². The summed E-state index contributed by atoms with van der Waals surface area (Å²) in [5.41, 5.74) is 1.97. The molecule has 3 aromatic rings. The van der Waals surface area contributed by atoms with Crippen molar-refractivity contribution in [1.82, 2.24) is 0 Å². The molecule has 3 aromatic carbocycles. The molecule has 0 saturated carbocycles. The smallest absolute Gasteiger partial charge is 0.266 e. The molecule has 0 aliphatic rings. The van der Waals surface area contributed by atoms with Crippen LogP contribution in [-0.4, -0.2) is 13.0 Å². The Balaban J connectivity index is 1.83. The Morgan fingerprint density at radius 2 is 1.85 bits per heavy atom. The first-order valence-corrected chi connectivity index (χ1v) is 10.4. The van der Waals surface area contributed by atoms with E-state index in [1.165, 1.54) is 37.5 Å². The van der Waals surface area contributed by atoms with E-state index in [-0.39, 0.29) is 12.2 Å². The van der Waals surface area contributed by atoms with Gasteiger partial charge in [-0.2, -0.15) is 10.5 Å². The Labute approximate surface area is 198 Å². The largest absolute Gasteiger partial charge is 0.493 e. The lowest BCUT2D eigenvalue weighted by atomic mass is 10.1. The normalized spacial score (nSPS) is 10.6. The summed E-state index contributed by atoms with van der Waals surface area (Å²) in [6.07, 6.45) is 1.40. The molecule has 0 saturated heterocycles. The molecule has 1 amide bonds. The standard InChI is InChI=1S/C25H17BrFN3O3/c1-32-23-11-18(10-19(14-29)25(31)30-21-8-6-20(27)7-9-21)22(26)12-24(23)33-15-17-5-3-2-4-16(17)13-28/h2-12H,15H2,1H3,(H,30,31). The van der Waals surface area contributed by atoms with Gasteiger partial charge in [-0.15, -0.1) is 0 Å². The number of methoxy groups -OCH3 is 1. The van der Waals surface area contributed by atoms with Crippen LogP contribution in [0.5, 0.6) is 11.5 Å². The third kappa shape index (κ3) is 5.97. The van der Waals surface area contributed by atoms with E-state index in [0.29, 0.717) is 32.8 Å². The molecule has 3 rings (SSSR count). The molecule has 164 valence electrons. The molecule has 0 bridgehead atoms. The number of nitrogens with one attached hydrogen (secondary N) is 1. The Hall–Kier alpha value is -4.14. The minimum Gasteiger partial charge on any atom is -0.493 e. The van der Waals surface area contributed by atoms with Crippen molar-refractivity contribution in [1.29, 1.82) is 10.5 Å². The zero-order chi connectivity index (χ0) is 23.8. The van der Waals surface area contributed by atoms with Crippen LogP contribution in [0.15, 0.2) is 70.7 Å². The maximum atomic E-state index is 13.1. The van der Waals surface area contributed by atoms with Crippen LogP contribution >= 0.6 is 15.9 Å². The zero-order valence-corrected chi connectivity index (χ0v) is 19.0. The lowest BCUT2D eigenvalue weighted by molar-refractivity contribution is -0.112. The highest BCUT2D eigenvalue weighted by atomic mass is 79.9. The summed E-state index contributed by atoms with van der Waals surface area (Å²) >= 11 is 3.43. The number of hydrogen-bond acceptors (Lipinski definition) is 5. The lowest BCUT2D eigenvalue weighted by Crippen LogP contribution is -2.13. The molecular weight excluding hydrogens is 489 g/mol. The van der Waals surface area contributed by atoms with Gasteiger partial charge in [-0.05, 0) is 54.1 Å². The number of nitriles is 2. The number of carbonyl (C=O) groups is 1. The quantitative estimate of drug-likeness (QED) is 0.333. The Bertz CT molecular complexity index is 1290. The van der Waals surface area contributed by atoms with Gasteiger partial charge in [-0.3, -0.25) is 4.79 Å². The molecule has 33 heavy (non-hydrogen) atoms. The maximum absolute atomic E-state index is 13.1. The van der Waals surface area contributed by atoms with E-state index in [0.717, 1.165) is 5.56 Å². The van der Waals surface area contributed by atoms with Crippen molar-refractivity contribution in [3.05, 3.63) is 93.2 Å². The van der Waals surface area contributed by atoms with E-state index in [1.54, 1.807) is 30.3 Å². The predicted octanol–water partition coefficient (Wildman–Crippen LogP) is 5.59. The Kier molecular flexibility index (Phi) is 7.80. The van der Waals surface area contributed by atoms with Crippen LogP contribution in [0.1, 0.15) is 16.7 Å². The predicted molar refractivity (Wildman–Crippen MR) is 125 cm³/mol. The first-order valence-electron chi connectivity index (χ1n) is 9.62. The summed E-state index contributed by atoms with van der Waals surface area (Å²) in [5.74, 6) is -0.263. The fourth-order valence-electron chi connectivity index (χ4n) is 2.88. The lowest BCUT2D eigenvalue weighted by Gasteiger charge is -2.13. The van der Waals surface area contributed by atoms with E-state index >= 15 is 0 Å². The molecule has 0 atom stereocenters. The van der Waals surface area contributed by atoms with Crippen molar-refractivity contribution in [2.45, 2.75) is 6.61 Å². The van der Waals surface area contributed by atoms with Gasteiger partial charge in [-0.25, -0.2) is 4.39 Å². The average molecular weight is 506 g/mol. The number of benzene rings is 3. The van der Waals surface area contributed by atoms with Gasteiger partial charge in [-0.1, -0.05) is 34.1 Å². The van der Waals surface area contributed by atoms with E-state index in [2.05, 4.69) is 27.3 Å². The monoisotopic (exact) mass is 505 g/mol. The molecule has 1 N–H and O–H groups in total. The minimum absolute atomic E-state index is 0.154. The van der Waals surface area contributed by atoms with Crippen LogP contribution in [0, 0.1) is 28.5 Å². The second kappa shape index (κ2) is 10.9. The first kappa shape index (κ1) is 23.5. The Morgan fingerprint density at radius 1 is 1.12 bits per heavy atom. The number of halogens is 2. The molecule has 0 aromatic heterocycles.